The van der Waals surface area contributed by atoms with Crippen LogP contribution in [0.1, 0.15) is 90.9 Å². The van der Waals surface area contributed by atoms with Crippen LogP contribution in [-0.4, -0.2) is 144 Å². The fourth-order valence-electron chi connectivity index (χ4n) is 9.50. The van der Waals surface area contributed by atoms with Crippen LogP contribution in [0.5, 0.6) is 0 Å². The van der Waals surface area contributed by atoms with Crippen molar-refractivity contribution in [3.05, 3.63) is 24.3 Å². The maximum absolute atomic E-state index is 13.7. The second-order valence-electron chi connectivity index (χ2n) is 16.3. The van der Waals surface area contributed by atoms with Gasteiger partial charge in [-0.1, -0.05) is 27.0 Å². The minimum atomic E-state index is -1.11. The molecule has 12 unspecified atom stereocenters. The van der Waals surface area contributed by atoms with E-state index in [-0.39, 0.29) is 67.6 Å². The van der Waals surface area contributed by atoms with Crippen molar-refractivity contribution in [1.82, 2.24) is 0 Å². The third-order valence-electron chi connectivity index (χ3n) is 12.6. The molecule has 6 fully saturated rings. The molecular weight excluding hydrogens is 688 g/mol. The van der Waals surface area contributed by atoms with Gasteiger partial charge in [0.25, 0.3) is 0 Å². The Morgan fingerprint density at radius 1 is 0.868 bits per heavy atom. The lowest BCUT2D eigenvalue weighted by Gasteiger charge is -2.46. The molecule has 53 heavy (non-hydrogen) atoms. The Labute approximate surface area is 313 Å². The van der Waals surface area contributed by atoms with Gasteiger partial charge in [-0.25, -0.2) is 0 Å². The van der Waals surface area contributed by atoms with Crippen molar-refractivity contribution in [2.75, 3.05) is 20.3 Å². The Kier molecular flexibility index (Phi) is 14.0. The Hall–Kier alpha value is -1.62. The van der Waals surface area contributed by atoms with Crippen molar-refractivity contribution in [1.29, 1.82) is 0 Å². The SMILES string of the molecule is C=C1CC(CCC(=O)C[C@H]2OC3C(OC4CCC(CC(=O)CC5[C@@H](OC)C(CC(O)CO)O[C@H]5CC5OCC[C@@H](C)C5=C)O[C@@H]4C3O)C2O)OC1CC. The summed E-state index contributed by atoms with van der Waals surface area (Å²) >= 11 is 0. The monoisotopic (exact) mass is 750 g/mol. The number of hydrogen-bond acceptors (Lipinski definition) is 13. The lowest BCUT2D eigenvalue weighted by molar-refractivity contribution is -0.259. The van der Waals surface area contributed by atoms with E-state index in [1.165, 1.54) is 0 Å². The van der Waals surface area contributed by atoms with Gasteiger partial charge in [0, 0.05) is 58.2 Å². The number of rotatable bonds is 16. The average Bonchev–Trinajstić information content (AvgIpc) is 3.77. The maximum atomic E-state index is 13.7. The number of hydrogen-bond donors (Lipinski definition) is 4. The third kappa shape index (κ3) is 9.34. The summed E-state index contributed by atoms with van der Waals surface area (Å²) in [6.07, 6.45) is -3.45. The predicted octanol–water partition coefficient (Wildman–Crippen LogP) is 2.52. The molecule has 300 valence electrons. The van der Waals surface area contributed by atoms with E-state index in [1.807, 2.05) is 0 Å². The van der Waals surface area contributed by atoms with E-state index in [1.54, 1.807) is 7.11 Å². The van der Waals surface area contributed by atoms with Gasteiger partial charge in [-0.15, -0.1) is 0 Å². The molecule has 4 N–H and O–H groups in total. The van der Waals surface area contributed by atoms with Crippen molar-refractivity contribution in [2.24, 2.45) is 11.8 Å². The van der Waals surface area contributed by atoms with Crippen LogP contribution >= 0.6 is 0 Å². The van der Waals surface area contributed by atoms with E-state index >= 15 is 0 Å². The predicted molar refractivity (Wildman–Crippen MR) is 191 cm³/mol. The number of methoxy groups -OCH3 is 1. The van der Waals surface area contributed by atoms with Crippen molar-refractivity contribution in [3.63, 3.8) is 0 Å². The molecule has 6 aliphatic rings. The van der Waals surface area contributed by atoms with Crippen molar-refractivity contribution < 1.29 is 63.2 Å². The minimum Gasteiger partial charge on any atom is -0.394 e. The number of carbonyl (C=O) groups is 2. The van der Waals surface area contributed by atoms with Crippen molar-refractivity contribution >= 4 is 11.6 Å². The van der Waals surface area contributed by atoms with Crippen molar-refractivity contribution in [3.8, 4) is 0 Å². The lowest BCUT2D eigenvalue weighted by atomic mass is 9.82. The number of fused-ring (bicyclic) bond motifs is 2. The average molecular weight is 751 g/mol. The zero-order chi connectivity index (χ0) is 38.0. The summed E-state index contributed by atoms with van der Waals surface area (Å²) in [5.41, 5.74) is 2.07. The van der Waals surface area contributed by atoms with Crippen molar-refractivity contribution in [2.45, 2.75) is 182 Å². The maximum Gasteiger partial charge on any atom is 0.135 e. The highest BCUT2D eigenvalue weighted by atomic mass is 16.6. The van der Waals surface area contributed by atoms with E-state index in [9.17, 15) is 30.0 Å². The zero-order valence-electron chi connectivity index (χ0n) is 31.6. The number of aliphatic hydroxyl groups excluding tert-OH is 4. The smallest absolute Gasteiger partial charge is 0.135 e. The van der Waals surface area contributed by atoms with Gasteiger partial charge in [-0.2, -0.15) is 0 Å². The molecular formula is C40H62O13. The minimum absolute atomic E-state index is 0.0105. The molecule has 0 amide bonds. The first-order valence-electron chi connectivity index (χ1n) is 19.9. The lowest BCUT2D eigenvalue weighted by Crippen LogP contribution is -2.61. The van der Waals surface area contributed by atoms with E-state index in [0.29, 0.717) is 44.6 Å². The Morgan fingerprint density at radius 2 is 1.64 bits per heavy atom. The van der Waals surface area contributed by atoms with Gasteiger partial charge in [-0.05, 0) is 55.6 Å². The summed E-state index contributed by atoms with van der Waals surface area (Å²) in [6, 6.07) is 0. The first-order valence-corrected chi connectivity index (χ1v) is 19.9. The molecule has 6 heterocycles. The van der Waals surface area contributed by atoms with E-state index in [4.69, 9.17) is 33.2 Å². The molecule has 0 spiro atoms. The third-order valence-corrected chi connectivity index (χ3v) is 12.6. The van der Waals surface area contributed by atoms with Crippen LogP contribution in [0.15, 0.2) is 24.3 Å². The molecule has 6 rings (SSSR count). The highest BCUT2D eigenvalue weighted by molar-refractivity contribution is 5.79. The van der Waals surface area contributed by atoms with Gasteiger partial charge in [-0.3, -0.25) is 9.59 Å². The summed E-state index contributed by atoms with van der Waals surface area (Å²) < 4.78 is 43.0. The molecule has 0 aromatic heterocycles. The van der Waals surface area contributed by atoms with Crippen LogP contribution in [0.4, 0.5) is 0 Å². The quantitative estimate of drug-likeness (QED) is 0.169. The topological polar surface area (TPSA) is 180 Å². The van der Waals surface area contributed by atoms with E-state index in [0.717, 1.165) is 30.4 Å². The summed E-state index contributed by atoms with van der Waals surface area (Å²) in [7, 11) is 1.57. The molecule has 0 aliphatic carbocycles. The van der Waals surface area contributed by atoms with Gasteiger partial charge in [0.05, 0.1) is 67.6 Å². The summed E-state index contributed by atoms with van der Waals surface area (Å²) in [5.74, 6) is -0.0902. The molecule has 6 aliphatic heterocycles. The largest absolute Gasteiger partial charge is 0.394 e. The summed E-state index contributed by atoms with van der Waals surface area (Å²) in [6.45, 7) is 12.7. The zero-order valence-corrected chi connectivity index (χ0v) is 31.6. The van der Waals surface area contributed by atoms with E-state index in [2.05, 4.69) is 27.0 Å². The Balaban J connectivity index is 1.02. The molecule has 17 atom stereocenters. The van der Waals surface area contributed by atoms with Gasteiger partial charge in [0.15, 0.2) is 0 Å². The number of aliphatic hydroxyl groups is 4. The highest BCUT2D eigenvalue weighted by Gasteiger charge is 2.57. The summed E-state index contributed by atoms with van der Waals surface area (Å²) in [5, 5.41) is 42.3. The highest BCUT2D eigenvalue weighted by Crippen LogP contribution is 2.42. The second kappa shape index (κ2) is 18.1. The number of carbonyl (C=O) groups excluding carboxylic acids is 2. The van der Waals surface area contributed by atoms with Gasteiger partial charge in [0.2, 0.25) is 0 Å². The fraction of sp³-hybridized carbons (Fsp3) is 0.850. The van der Waals surface area contributed by atoms with Gasteiger partial charge < -0.3 is 53.6 Å². The van der Waals surface area contributed by atoms with Crippen LogP contribution in [0.25, 0.3) is 0 Å². The normalized spacial score (nSPS) is 43.5. The van der Waals surface area contributed by atoms with Crippen LogP contribution in [0, 0.1) is 11.8 Å². The number of ether oxygens (including phenoxy) is 7. The Bertz CT molecular complexity index is 1290. The molecule has 0 radical (unpaired) electrons. The standard InChI is InChI=1S/C40H62O13/c1-6-29-21(3)13-26(49-29)8-7-23(42)16-33-35(45)39-40(53-33)36(46)38-30(52-39)10-9-27(50-38)14-24(43)15-28-32(18-31-22(4)20(2)11-12-48-31)51-34(37(28)47-5)17-25(44)19-41/h20,25-41,44-46H,3-4,6-19H2,1-2,5H3/t20-,25?,26?,27?,28?,29?,30?,31?,32+,33-,34?,35?,36?,37-,38+,39?,40?/m1/s1. The second-order valence-corrected chi connectivity index (χ2v) is 16.3. The molecule has 6 saturated heterocycles. The first-order chi connectivity index (χ1) is 25.4. The van der Waals surface area contributed by atoms with Crippen LogP contribution in [-0.2, 0) is 42.7 Å². The van der Waals surface area contributed by atoms with Gasteiger partial charge in [0.1, 0.15) is 42.1 Å². The first kappa shape index (κ1) is 41.0. The molecule has 13 heteroatoms. The number of Topliss-reactive ketones (excluding diaryl/α,β-unsaturated/α-hetero) is 2. The van der Waals surface area contributed by atoms with Crippen LogP contribution in [0.2, 0.25) is 0 Å². The number of ketones is 2. The molecule has 13 nitrogen and oxygen atoms in total. The van der Waals surface area contributed by atoms with Crippen LogP contribution in [0.3, 0.4) is 0 Å². The summed E-state index contributed by atoms with van der Waals surface area (Å²) in [4.78, 5) is 26.7. The molecule has 0 aromatic carbocycles. The Morgan fingerprint density at radius 3 is 2.36 bits per heavy atom. The van der Waals surface area contributed by atoms with E-state index < -0.39 is 73.8 Å². The van der Waals surface area contributed by atoms with Gasteiger partial charge >= 0.3 is 0 Å². The molecule has 0 bridgehead atoms. The fourth-order valence-corrected chi connectivity index (χ4v) is 9.50. The molecule has 0 aromatic rings. The van der Waals surface area contributed by atoms with Crippen LogP contribution < -0.4 is 0 Å². The molecule has 0 saturated carbocycles.